The lowest BCUT2D eigenvalue weighted by Crippen LogP contribution is -2.52. The molecular weight excluding hydrogens is 306 g/mol. The highest BCUT2D eigenvalue weighted by atomic mass is 79.9. The Hall–Kier alpha value is -0.940. The van der Waals surface area contributed by atoms with Crippen molar-refractivity contribution >= 4 is 21.8 Å². The number of nitrogens with one attached hydrogen (secondary N) is 2. The summed E-state index contributed by atoms with van der Waals surface area (Å²) in [7, 11) is 0. The van der Waals surface area contributed by atoms with Crippen molar-refractivity contribution in [3.8, 4) is 0 Å². The Balaban J connectivity index is 1.93. The standard InChI is InChI=1S/C14H20BrN3O/c1-14(2)4-3-5-17-12(14)9-18-13(19)10-6-11(15)8-16-7-10/h6-8,12,17H,3-5,9H2,1-2H3,(H,18,19). The predicted octanol–water partition coefficient (Wildman–Crippen LogP) is 2.35. The average molecular weight is 326 g/mol. The number of pyridine rings is 1. The van der Waals surface area contributed by atoms with Gasteiger partial charge in [-0.2, -0.15) is 0 Å². The first kappa shape index (κ1) is 14.5. The van der Waals surface area contributed by atoms with Gasteiger partial charge in [0.1, 0.15) is 0 Å². The zero-order chi connectivity index (χ0) is 13.9. The summed E-state index contributed by atoms with van der Waals surface area (Å²) in [6, 6.07) is 2.10. The zero-order valence-electron chi connectivity index (χ0n) is 11.4. The maximum absolute atomic E-state index is 12.1. The molecule has 1 aliphatic heterocycles. The predicted molar refractivity (Wildman–Crippen MR) is 79.1 cm³/mol. The molecule has 4 nitrogen and oxygen atoms in total. The van der Waals surface area contributed by atoms with Gasteiger partial charge in [-0.25, -0.2) is 0 Å². The average Bonchev–Trinajstić information content (AvgIpc) is 2.36. The molecule has 19 heavy (non-hydrogen) atoms. The molecule has 1 amide bonds. The van der Waals surface area contributed by atoms with E-state index in [9.17, 15) is 4.79 Å². The van der Waals surface area contributed by atoms with E-state index in [0.29, 0.717) is 18.2 Å². The van der Waals surface area contributed by atoms with Crippen LogP contribution >= 0.6 is 15.9 Å². The van der Waals surface area contributed by atoms with Gasteiger partial charge in [0.25, 0.3) is 5.91 Å². The summed E-state index contributed by atoms with van der Waals surface area (Å²) in [5.74, 6) is -0.0722. The van der Waals surface area contributed by atoms with E-state index in [1.165, 1.54) is 12.8 Å². The van der Waals surface area contributed by atoms with E-state index < -0.39 is 0 Å². The number of piperidine rings is 1. The van der Waals surface area contributed by atoms with Crippen LogP contribution in [0, 0.1) is 5.41 Å². The van der Waals surface area contributed by atoms with Crippen LogP contribution in [0.3, 0.4) is 0 Å². The van der Waals surface area contributed by atoms with Crippen molar-refractivity contribution in [2.24, 2.45) is 5.41 Å². The van der Waals surface area contributed by atoms with E-state index in [4.69, 9.17) is 0 Å². The van der Waals surface area contributed by atoms with Crippen LogP contribution < -0.4 is 10.6 Å². The third kappa shape index (κ3) is 3.76. The third-order valence-corrected chi connectivity index (χ3v) is 4.20. The minimum atomic E-state index is -0.0722. The van der Waals surface area contributed by atoms with Gasteiger partial charge in [-0.05, 0) is 46.8 Å². The normalized spacial score (nSPS) is 21.9. The SMILES string of the molecule is CC1(C)CCCNC1CNC(=O)c1cncc(Br)c1. The molecule has 0 aromatic carbocycles. The van der Waals surface area contributed by atoms with Gasteiger partial charge in [0.15, 0.2) is 0 Å². The maximum atomic E-state index is 12.1. The van der Waals surface area contributed by atoms with Crippen LogP contribution in [0.25, 0.3) is 0 Å². The van der Waals surface area contributed by atoms with Crippen molar-refractivity contribution in [2.45, 2.75) is 32.7 Å². The molecule has 1 atom stereocenters. The van der Waals surface area contributed by atoms with Gasteiger partial charge in [0, 0.05) is 29.5 Å². The molecule has 1 saturated heterocycles. The van der Waals surface area contributed by atoms with E-state index in [1.807, 2.05) is 0 Å². The number of aromatic nitrogens is 1. The number of carbonyl (C=O) groups is 1. The largest absolute Gasteiger partial charge is 0.350 e. The lowest BCUT2D eigenvalue weighted by Gasteiger charge is -2.39. The van der Waals surface area contributed by atoms with Gasteiger partial charge in [0.05, 0.1) is 5.56 Å². The van der Waals surface area contributed by atoms with Gasteiger partial charge < -0.3 is 10.6 Å². The number of rotatable bonds is 3. The molecule has 1 aromatic rings. The van der Waals surface area contributed by atoms with Gasteiger partial charge in [-0.3, -0.25) is 9.78 Å². The number of carbonyl (C=O) groups excluding carboxylic acids is 1. The highest BCUT2D eigenvalue weighted by Crippen LogP contribution is 2.29. The number of halogens is 1. The fourth-order valence-corrected chi connectivity index (χ4v) is 2.82. The second-order valence-electron chi connectivity index (χ2n) is 5.70. The van der Waals surface area contributed by atoms with Crippen LogP contribution in [-0.2, 0) is 0 Å². The maximum Gasteiger partial charge on any atom is 0.252 e. The Morgan fingerprint density at radius 1 is 1.58 bits per heavy atom. The van der Waals surface area contributed by atoms with E-state index >= 15 is 0 Å². The second-order valence-corrected chi connectivity index (χ2v) is 6.62. The molecule has 0 saturated carbocycles. The third-order valence-electron chi connectivity index (χ3n) is 3.77. The Labute approximate surface area is 122 Å². The Kier molecular flexibility index (Phi) is 4.58. The van der Waals surface area contributed by atoms with Gasteiger partial charge in [0.2, 0.25) is 0 Å². The van der Waals surface area contributed by atoms with Crippen LogP contribution in [0.15, 0.2) is 22.9 Å². The van der Waals surface area contributed by atoms with Gasteiger partial charge in [-0.1, -0.05) is 13.8 Å². The highest BCUT2D eigenvalue weighted by molar-refractivity contribution is 9.10. The first-order valence-corrected chi connectivity index (χ1v) is 7.40. The van der Waals surface area contributed by atoms with Crippen LogP contribution in [0.1, 0.15) is 37.0 Å². The molecule has 1 aromatic heterocycles. The quantitative estimate of drug-likeness (QED) is 0.896. The van der Waals surface area contributed by atoms with Crippen LogP contribution in [0.2, 0.25) is 0 Å². The molecule has 2 heterocycles. The summed E-state index contributed by atoms with van der Waals surface area (Å²) in [5.41, 5.74) is 0.809. The molecule has 2 rings (SSSR count). The first-order valence-electron chi connectivity index (χ1n) is 6.61. The highest BCUT2D eigenvalue weighted by Gasteiger charge is 2.31. The Morgan fingerprint density at radius 3 is 3.05 bits per heavy atom. The lowest BCUT2D eigenvalue weighted by molar-refractivity contribution is 0.0928. The van der Waals surface area contributed by atoms with E-state index in [-0.39, 0.29) is 11.3 Å². The zero-order valence-corrected chi connectivity index (χ0v) is 13.0. The first-order chi connectivity index (χ1) is 8.99. The number of hydrogen-bond donors (Lipinski definition) is 2. The Morgan fingerprint density at radius 2 is 2.37 bits per heavy atom. The van der Waals surface area contributed by atoms with Crippen LogP contribution in [0.4, 0.5) is 0 Å². The van der Waals surface area contributed by atoms with Crippen molar-refractivity contribution in [3.63, 3.8) is 0 Å². The molecule has 0 spiro atoms. The van der Waals surface area contributed by atoms with Crippen LogP contribution in [0.5, 0.6) is 0 Å². The summed E-state index contributed by atoms with van der Waals surface area (Å²) in [6.45, 7) is 6.17. The molecule has 0 bridgehead atoms. The molecular formula is C14H20BrN3O. The summed E-state index contributed by atoms with van der Waals surface area (Å²) in [5, 5.41) is 6.48. The fourth-order valence-electron chi connectivity index (χ4n) is 2.45. The molecule has 1 aliphatic rings. The monoisotopic (exact) mass is 325 g/mol. The lowest BCUT2D eigenvalue weighted by atomic mass is 9.77. The number of hydrogen-bond acceptors (Lipinski definition) is 3. The molecule has 5 heteroatoms. The molecule has 1 fully saturated rings. The van der Waals surface area contributed by atoms with Crippen LogP contribution in [-0.4, -0.2) is 30.0 Å². The van der Waals surface area contributed by atoms with E-state index in [0.717, 1.165) is 11.0 Å². The van der Waals surface area contributed by atoms with Gasteiger partial charge >= 0.3 is 0 Å². The number of nitrogens with zero attached hydrogens (tertiary/aromatic N) is 1. The summed E-state index contributed by atoms with van der Waals surface area (Å²) >= 11 is 3.32. The molecule has 0 radical (unpaired) electrons. The topological polar surface area (TPSA) is 54.0 Å². The van der Waals surface area contributed by atoms with Crippen molar-refractivity contribution in [1.82, 2.24) is 15.6 Å². The summed E-state index contributed by atoms with van der Waals surface area (Å²) in [6.07, 6.45) is 5.65. The second kappa shape index (κ2) is 6.01. The molecule has 2 N–H and O–H groups in total. The summed E-state index contributed by atoms with van der Waals surface area (Å²) < 4.78 is 0.816. The van der Waals surface area contributed by atoms with Crippen molar-refractivity contribution in [2.75, 3.05) is 13.1 Å². The van der Waals surface area contributed by atoms with E-state index in [1.54, 1.807) is 18.5 Å². The minimum Gasteiger partial charge on any atom is -0.350 e. The smallest absolute Gasteiger partial charge is 0.252 e. The van der Waals surface area contributed by atoms with Crippen molar-refractivity contribution < 1.29 is 4.79 Å². The molecule has 0 aliphatic carbocycles. The summed E-state index contributed by atoms with van der Waals surface area (Å²) in [4.78, 5) is 16.1. The van der Waals surface area contributed by atoms with Crippen molar-refractivity contribution in [1.29, 1.82) is 0 Å². The van der Waals surface area contributed by atoms with Gasteiger partial charge in [-0.15, -0.1) is 0 Å². The number of amides is 1. The Bertz CT molecular complexity index is 462. The minimum absolute atomic E-state index is 0.0722. The molecule has 104 valence electrons. The van der Waals surface area contributed by atoms with Crippen molar-refractivity contribution in [3.05, 3.63) is 28.5 Å². The molecule has 1 unspecified atom stereocenters. The fraction of sp³-hybridized carbons (Fsp3) is 0.571. The van der Waals surface area contributed by atoms with E-state index in [2.05, 4.69) is 45.4 Å².